The molecule has 1 saturated heterocycles. The zero-order valence-corrected chi connectivity index (χ0v) is 17.9. The van der Waals surface area contributed by atoms with Crippen LogP contribution >= 0.6 is 0 Å². The van der Waals surface area contributed by atoms with Crippen LogP contribution in [0.25, 0.3) is 0 Å². The van der Waals surface area contributed by atoms with Gasteiger partial charge in [0.2, 0.25) is 11.8 Å². The lowest BCUT2D eigenvalue weighted by molar-refractivity contribution is -0.131. The van der Waals surface area contributed by atoms with Crippen molar-refractivity contribution < 1.29 is 9.59 Å². The molecule has 0 radical (unpaired) electrons. The van der Waals surface area contributed by atoms with E-state index in [2.05, 4.69) is 37.8 Å². The van der Waals surface area contributed by atoms with Gasteiger partial charge in [-0.15, -0.1) is 0 Å². The number of benzene rings is 2. The summed E-state index contributed by atoms with van der Waals surface area (Å²) < 4.78 is 0. The average Bonchev–Trinajstić information content (AvgIpc) is 2.72. The maximum absolute atomic E-state index is 12.9. The van der Waals surface area contributed by atoms with E-state index in [1.807, 2.05) is 47.4 Å². The van der Waals surface area contributed by atoms with Crippen molar-refractivity contribution in [1.82, 2.24) is 4.90 Å². The molecule has 0 saturated carbocycles. The third-order valence-corrected chi connectivity index (χ3v) is 5.47. The first-order chi connectivity index (χ1) is 13.8. The molecule has 0 atom stereocenters. The smallest absolute Gasteiger partial charge is 0.242 e. The number of carbonyl (C=O) groups is 2. The molecule has 0 bridgehead atoms. The highest BCUT2D eigenvalue weighted by atomic mass is 16.2. The number of hydrogen-bond acceptors (Lipinski definition) is 3. The first-order valence-corrected chi connectivity index (χ1v) is 10.2. The Morgan fingerprint density at radius 3 is 2.00 bits per heavy atom. The molecule has 5 heteroatoms. The molecule has 0 N–H and O–H groups in total. The molecular weight excluding hydrogens is 362 g/mol. The Kier molecular flexibility index (Phi) is 6.26. The van der Waals surface area contributed by atoms with Crippen LogP contribution in [0.5, 0.6) is 0 Å². The van der Waals surface area contributed by atoms with Crippen LogP contribution in [0.4, 0.5) is 11.4 Å². The summed E-state index contributed by atoms with van der Waals surface area (Å²) in [6, 6.07) is 18.2. The summed E-state index contributed by atoms with van der Waals surface area (Å²) in [5.74, 6) is -0.127. The molecule has 1 fully saturated rings. The van der Waals surface area contributed by atoms with Gasteiger partial charge in [0.1, 0.15) is 6.54 Å². The fourth-order valence-corrected chi connectivity index (χ4v) is 3.61. The topological polar surface area (TPSA) is 43.9 Å². The second kappa shape index (κ2) is 8.68. The van der Waals surface area contributed by atoms with Crippen molar-refractivity contribution in [2.24, 2.45) is 0 Å². The van der Waals surface area contributed by atoms with Crippen molar-refractivity contribution in [1.29, 1.82) is 0 Å². The second-order valence-electron chi connectivity index (χ2n) is 8.61. The van der Waals surface area contributed by atoms with E-state index in [9.17, 15) is 9.59 Å². The number of hydrogen-bond donors (Lipinski definition) is 0. The summed E-state index contributed by atoms with van der Waals surface area (Å²) in [5, 5.41) is 0. The van der Waals surface area contributed by atoms with E-state index in [1.165, 1.54) is 18.2 Å². The highest BCUT2D eigenvalue weighted by Gasteiger charge is 2.25. The fourth-order valence-electron chi connectivity index (χ4n) is 3.61. The highest BCUT2D eigenvalue weighted by Crippen LogP contribution is 2.25. The van der Waals surface area contributed by atoms with Crippen molar-refractivity contribution in [3.05, 3.63) is 60.2 Å². The quantitative estimate of drug-likeness (QED) is 0.796. The summed E-state index contributed by atoms with van der Waals surface area (Å²) in [4.78, 5) is 30.8. The van der Waals surface area contributed by atoms with Crippen LogP contribution in [0.1, 0.15) is 33.3 Å². The first kappa shape index (κ1) is 20.9. The van der Waals surface area contributed by atoms with Crippen molar-refractivity contribution in [2.75, 3.05) is 42.5 Å². The van der Waals surface area contributed by atoms with E-state index in [4.69, 9.17) is 0 Å². The minimum atomic E-state index is -0.121. The summed E-state index contributed by atoms with van der Waals surface area (Å²) >= 11 is 0. The highest BCUT2D eigenvalue weighted by molar-refractivity contribution is 5.97. The van der Waals surface area contributed by atoms with Crippen LogP contribution in [0.2, 0.25) is 0 Å². The van der Waals surface area contributed by atoms with Crippen LogP contribution in [0.15, 0.2) is 54.6 Å². The normalized spacial score (nSPS) is 14.6. The van der Waals surface area contributed by atoms with Crippen LogP contribution in [0, 0.1) is 0 Å². The molecule has 0 aliphatic carbocycles. The van der Waals surface area contributed by atoms with Crippen LogP contribution in [-0.4, -0.2) is 49.4 Å². The van der Waals surface area contributed by atoms with Gasteiger partial charge in [-0.3, -0.25) is 9.59 Å². The van der Waals surface area contributed by atoms with Gasteiger partial charge in [0, 0.05) is 44.5 Å². The molecule has 2 amide bonds. The van der Waals surface area contributed by atoms with Gasteiger partial charge in [0.05, 0.1) is 0 Å². The molecule has 29 heavy (non-hydrogen) atoms. The Morgan fingerprint density at radius 1 is 0.897 bits per heavy atom. The molecule has 1 aliphatic heterocycles. The number of rotatable bonds is 4. The third-order valence-electron chi connectivity index (χ3n) is 5.47. The molecule has 0 spiro atoms. The number of piperazine rings is 1. The number of amides is 2. The van der Waals surface area contributed by atoms with Crippen molar-refractivity contribution >= 4 is 23.2 Å². The molecule has 2 aromatic rings. The molecular formula is C24H31N3O2. The van der Waals surface area contributed by atoms with Gasteiger partial charge in [0.25, 0.3) is 0 Å². The molecule has 154 valence electrons. The van der Waals surface area contributed by atoms with Gasteiger partial charge >= 0.3 is 0 Å². The van der Waals surface area contributed by atoms with Gasteiger partial charge < -0.3 is 14.7 Å². The van der Waals surface area contributed by atoms with Crippen LogP contribution in [0.3, 0.4) is 0 Å². The zero-order valence-electron chi connectivity index (χ0n) is 17.9. The Balaban J connectivity index is 1.62. The van der Waals surface area contributed by atoms with E-state index >= 15 is 0 Å². The SMILES string of the molecule is CC(=O)N(CC(=O)N1CCN(c2ccccc2)CC1)c1ccc(C(C)(C)C)cc1. The molecule has 3 rings (SSSR count). The lowest BCUT2D eigenvalue weighted by Gasteiger charge is -2.37. The van der Waals surface area contributed by atoms with Gasteiger partial charge in [-0.25, -0.2) is 0 Å². The van der Waals surface area contributed by atoms with Gasteiger partial charge in [-0.2, -0.15) is 0 Å². The molecule has 1 heterocycles. The Hall–Kier alpha value is -2.82. The van der Waals surface area contributed by atoms with E-state index < -0.39 is 0 Å². The lowest BCUT2D eigenvalue weighted by atomic mass is 9.87. The van der Waals surface area contributed by atoms with Crippen molar-refractivity contribution in [2.45, 2.75) is 33.1 Å². The monoisotopic (exact) mass is 393 g/mol. The first-order valence-electron chi connectivity index (χ1n) is 10.2. The standard InChI is InChI=1S/C24H31N3O2/c1-19(28)27(22-12-10-20(11-13-22)24(2,3)4)18-23(29)26-16-14-25(15-17-26)21-8-6-5-7-9-21/h5-13H,14-18H2,1-4H3. The number of nitrogens with zero attached hydrogens (tertiary/aromatic N) is 3. The van der Waals surface area contributed by atoms with Gasteiger partial charge in [-0.05, 0) is 35.2 Å². The largest absolute Gasteiger partial charge is 0.368 e. The van der Waals surface area contributed by atoms with Crippen LogP contribution in [-0.2, 0) is 15.0 Å². The Labute approximate surface area is 173 Å². The molecule has 1 aliphatic rings. The molecule has 0 aromatic heterocycles. The van der Waals surface area contributed by atoms with E-state index in [0.717, 1.165) is 18.8 Å². The van der Waals surface area contributed by atoms with E-state index in [1.54, 1.807) is 4.90 Å². The minimum absolute atomic E-state index is 0.00666. The van der Waals surface area contributed by atoms with Crippen LogP contribution < -0.4 is 9.80 Å². The third kappa shape index (κ3) is 5.17. The number of para-hydroxylation sites is 1. The molecule has 0 unspecified atom stereocenters. The summed E-state index contributed by atoms with van der Waals surface area (Å²) in [5.41, 5.74) is 3.20. The predicted octanol–water partition coefficient (Wildman–Crippen LogP) is 3.69. The van der Waals surface area contributed by atoms with Gasteiger partial charge in [0.15, 0.2) is 0 Å². The maximum Gasteiger partial charge on any atom is 0.242 e. The molecule has 2 aromatic carbocycles. The minimum Gasteiger partial charge on any atom is -0.368 e. The van der Waals surface area contributed by atoms with Gasteiger partial charge in [-0.1, -0.05) is 51.1 Å². The molecule has 5 nitrogen and oxygen atoms in total. The average molecular weight is 394 g/mol. The summed E-state index contributed by atoms with van der Waals surface area (Å²) in [6.07, 6.45) is 0. The number of carbonyl (C=O) groups excluding carboxylic acids is 2. The Morgan fingerprint density at radius 2 is 1.48 bits per heavy atom. The number of anilines is 2. The second-order valence-corrected chi connectivity index (χ2v) is 8.61. The fraction of sp³-hybridized carbons (Fsp3) is 0.417. The Bertz CT molecular complexity index is 833. The van der Waals surface area contributed by atoms with Crippen molar-refractivity contribution in [3.63, 3.8) is 0 Å². The van der Waals surface area contributed by atoms with Crippen molar-refractivity contribution in [3.8, 4) is 0 Å². The lowest BCUT2D eigenvalue weighted by Crippen LogP contribution is -2.51. The van der Waals surface area contributed by atoms with E-state index in [-0.39, 0.29) is 23.8 Å². The maximum atomic E-state index is 12.9. The van der Waals surface area contributed by atoms with E-state index in [0.29, 0.717) is 13.1 Å². The summed E-state index contributed by atoms with van der Waals surface area (Å²) in [7, 11) is 0. The zero-order chi connectivity index (χ0) is 21.0. The summed E-state index contributed by atoms with van der Waals surface area (Å²) in [6.45, 7) is 11.0. The predicted molar refractivity (Wildman–Crippen MR) is 118 cm³/mol.